The second-order valence-corrected chi connectivity index (χ2v) is 9.31. The lowest BCUT2D eigenvalue weighted by molar-refractivity contribution is -0.129. The van der Waals surface area contributed by atoms with Gasteiger partial charge in [0, 0.05) is 49.0 Å². The largest absolute Gasteiger partial charge is 0.430 e. The number of carbonyl (C=O) groups excluding carboxylic acids is 1. The lowest BCUT2D eigenvalue weighted by Crippen LogP contribution is -2.34. The zero-order valence-corrected chi connectivity index (χ0v) is 18.0. The summed E-state index contributed by atoms with van der Waals surface area (Å²) in [6, 6.07) is 8.31. The lowest BCUT2D eigenvalue weighted by Gasteiger charge is -2.26. The third-order valence-electron chi connectivity index (χ3n) is 5.60. The molecule has 1 fully saturated rings. The van der Waals surface area contributed by atoms with Crippen molar-refractivity contribution in [2.24, 2.45) is 5.92 Å². The first kappa shape index (κ1) is 20.0. The summed E-state index contributed by atoms with van der Waals surface area (Å²) in [6.45, 7) is 10.2. The molecule has 1 aliphatic heterocycles. The van der Waals surface area contributed by atoms with E-state index >= 15 is 0 Å². The fourth-order valence-electron chi connectivity index (χ4n) is 3.68. The van der Waals surface area contributed by atoms with Gasteiger partial charge in [0.1, 0.15) is 0 Å². The molecule has 1 amide bonds. The van der Waals surface area contributed by atoms with Crippen molar-refractivity contribution < 1.29 is 9.45 Å². The summed E-state index contributed by atoms with van der Waals surface area (Å²) >= 11 is 0. The Morgan fingerprint density at radius 3 is 2.62 bits per heavy atom. The van der Waals surface area contributed by atoms with Crippen LogP contribution in [0.3, 0.4) is 0 Å². The normalized spacial score (nSPS) is 16.5. The Bertz CT molecular complexity index is 881. The molecule has 7 heteroatoms. The monoisotopic (exact) mass is 394 g/mol. The molecule has 2 aliphatic rings. The lowest BCUT2D eigenvalue weighted by atomic mass is 9.87. The fourth-order valence-corrected chi connectivity index (χ4v) is 3.68. The van der Waals surface area contributed by atoms with Crippen LogP contribution in [0.4, 0.5) is 11.5 Å². The van der Waals surface area contributed by atoms with E-state index in [1.807, 2.05) is 4.90 Å². The number of hydrogen-bond acceptors (Lipinski definition) is 4. The summed E-state index contributed by atoms with van der Waals surface area (Å²) in [7, 11) is 0.600. The molecule has 2 aromatic rings. The van der Waals surface area contributed by atoms with Crippen molar-refractivity contribution in [3.63, 3.8) is 0 Å². The quantitative estimate of drug-likeness (QED) is 0.766. The number of nitrogens with one attached hydrogen (secondary N) is 1. The maximum Gasteiger partial charge on any atom is 0.309 e. The number of nitrogens with zero attached hydrogens (tertiary/aromatic N) is 3. The molecule has 0 spiro atoms. The van der Waals surface area contributed by atoms with Gasteiger partial charge in [-0.15, -0.1) is 0 Å². The summed E-state index contributed by atoms with van der Waals surface area (Å²) < 4.78 is 8.03. The predicted molar refractivity (Wildman–Crippen MR) is 117 cm³/mol. The third kappa shape index (κ3) is 5.02. The van der Waals surface area contributed by atoms with Gasteiger partial charge < -0.3 is 14.9 Å². The highest BCUT2D eigenvalue weighted by Crippen LogP contribution is 2.34. The van der Waals surface area contributed by atoms with Crippen LogP contribution in [0.2, 0.25) is 0 Å². The van der Waals surface area contributed by atoms with E-state index in [1.54, 1.807) is 6.92 Å². The molecule has 4 rings (SSSR count). The van der Waals surface area contributed by atoms with E-state index < -0.39 is 0 Å². The van der Waals surface area contributed by atoms with Gasteiger partial charge >= 0.3 is 7.48 Å². The predicted octanol–water partition coefficient (Wildman–Crippen LogP) is 2.73. The van der Waals surface area contributed by atoms with Crippen LogP contribution in [0.5, 0.6) is 0 Å². The van der Waals surface area contributed by atoms with Gasteiger partial charge in [-0.3, -0.25) is 9.48 Å². The van der Waals surface area contributed by atoms with Crippen LogP contribution in [0.15, 0.2) is 24.3 Å². The molecule has 0 radical (unpaired) electrons. The molecule has 0 atom stereocenters. The van der Waals surface area contributed by atoms with E-state index in [-0.39, 0.29) is 11.5 Å². The van der Waals surface area contributed by atoms with Crippen molar-refractivity contribution >= 4 is 30.4 Å². The molecule has 29 heavy (non-hydrogen) atoms. The number of fused-ring (bicyclic) bond motifs is 1. The Morgan fingerprint density at radius 1 is 1.28 bits per heavy atom. The van der Waals surface area contributed by atoms with Crippen LogP contribution in [-0.4, -0.2) is 40.2 Å². The molecular formula is C22H31BN4O2. The standard InChI is InChI=1S/C22H31BN4O2/c1-15(28)26-12-11-20-19(14-26)21(25-27(20)13-16-5-6-16)24-18-9-7-17(8-10-18)23-29-22(2,3)4/h7-10,16,23H,5-6,11-14H2,1-4H3,(H,24,25). The Hall–Kier alpha value is -2.28. The van der Waals surface area contributed by atoms with Crippen LogP contribution in [0.1, 0.15) is 51.8 Å². The van der Waals surface area contributed by atoms with E-state index in [2.05, 4.69) is 55.0 Å². The molecule has 6 nitrogen and oxygen atoms in total. The highest BCUT2D eigenvalue weighted by Gasteiger charge is 2.29. The summed E-state index contributed by atoms with van der Waals surface area (Å²) in [5.74, 6) is 1.77. The van der Waals surface area contributed by atoms with Crippen LogP contribution < -0.4 is 10.8 Å². The fraction of sp³-hybridized carbons (Fsp3) is 0.545. The number of anilines is 2. The Balaban J connectivity index is 1.52. The van der Waals surface area contributed by atoms with Crippen molar-refractivity contribution in [3.05, 3.63) is 35.5 Å². The summed E-state index contributed by atoms with van der Waals surface area (Å²) in [5.41, 5.74) is 4.45. The smallest absolute Gasteiger partial charge is 0.309 e. The summed E-state index contributed by atoms with van der Waals surface area (Å²) in [4.78, 5) is 13.8. The molecule has 1 N–H and O–H groups in total. The van der Waals surface area contributed by atoms with Crippen molar-refractivity contribution in [1.29, 1.82) is 0 Å². The average Bonchev–Trinajstić information content (AvgIpc) is 3.43. The highest BCUT2D eigenvalue weighted by molar-refractivity contribution is 6.47. The van der Waals surface area contributed by atoms with E-state index in [9.17, 15) is 4.79 Å². The molecule has 1 aliphatic carbocycles. The van der Waals surface area contributed by atoms with Crippen LogP contribution >= 0.6 is 0 Å². The summed E-state index contributed by atoms with van der Waals surface area (Å²) in [6.07, 6.45) is 3.48. The average molecular weight is 394 g/mol. The van der Waals surface area contributed by atoms with E-state index in [4.69, 9.17) is 9.75 Å². The number of rotatable bonds is 6. The summed E-state index contributed by atoms with van der Waals surface area (Å²) in [5, 5.41) is 8.39. The Kier molecular flexibility index (Phi) is 5.43. The van der Waals surface area contributed by atoms with E-state index in [0.29, 0.717) is 14.0 Å². The molecule has 0 saturated heterocycles. The van der Waals surface area contributed by atoms with Crippen molar-refractivity contribution in [2.45, 2.75) is 65.6 Å². The van der Waals surface area contributed by atoms with E-state index in [1.165, 1.54) is 18.5 Å². The first-order valence-corrected chi connectivity index (χ1v) is 10.6. The molecule has 0 unspecified atom stereocenters. The highest BCUT2D eigenvalue weighted by atomic mass is 16.5. The molecular weight excluding hydrogens is 363 g/mol. The van der Waals surface area contributed by atoms with Gasteiger partial charge in [0.05, 0.1) is 6.54 Å². The van der Waals surface area contributed by atoms with Gasteiger partial charge in [0.2, 0.25) is 5.91 Å². The maximum atomic E-state index is 11.9. The minimum absolute atomic E-state index is 0.125. The zero-order chi connectivity index (χ0) is 20.6. The van der Waals surface area contributed by atoms with Gasteiger partial charge in [0.25, 0.3) is 0 Å². The minimum atomic E-state index is -0.146. The number of aromatic nitrogens is 2. The Morgan fingerprint density at radius 2 is 2.00 bits per heavy atom. The molecule has 1 aromatic heterocycles. The van der Waals surface area contributed by atoms with Crippen LogP contribution in [0.25, 0.3) is 0 Å². The molecule has 2 heterocycles. The maximum absolute atomic E-state index is 11.9. The second kappa shape index (κ2) is 7.86. The number of benzene rings is 1. The van der Waals surface area contributed by atoms with E-state index in [0.717, 1.165) is 48.0 Å². The molecule has 1 saturated carbocycles. The van der Waals surface area contributed by atoms with Gasteiger partial charge in [0.15, 0.2) is 5.82 Å². The minimum Gasteiger partial charge on any atom is -0.430 e. The number of carbonyl (C=O) groups is 1. The van der Waals surface area contributed by atoms with Crippen LogP contribution in [-0.2, 0) is 29.0 Å². The van der Waals surface area contributed by atoms with Gasteiger partial charge in [-0.1, -0.05) is 17.6 Å². The molecule has 1 aromatic carbocycles. The van der Waals surface area contributed by atoms with Crippen molar-refractivity contribution in [3.8, 4) is 0 Å². The van der Waals surface area contributed by atoms with Crippen molar-refractivity contribution in [2.75, 3.05) is 11.9 Å². The van der Waals surface area contributed by atoms with Crippen LogP contribution in [0, 0.1) is 5.92 Å². The van der Waals surface area contributed by atoms with Gasteiger partial charge in [-0.2, -0.15) is 5.10 Å². The first-order chi connectivity index (χ1) is 13.8. The SMILES string of the molecule is CC(=O)N1CCc2c(c(Nc3ccc(BOC(C)(C)C)cc3)nn2CC2CC2)C1. The topological polar surface area (TPSA) is 59.4 Å². The Labute approximate surface area is 173 Å². The first-order valence-electron chi connectivity index (χ1n) is 10.6. The number of amides is 1. The molecule has 154 valence electrons. The zero-order valence-electron chi connectivity index (χ0n) is 18.0. The van der Waals surface area contributed by atoms with Gasteiger partial charge in [-0.05, 0) is 51.7 Å². The van der Waals surface area contributed by atoms with Gasteiger partial charge in [-0.25, -0.2) is 0 Å². The number of hydrogen-bond donors (Lipinski definition) is 1. The van der Waals surface area contributed by atoms with Crippen molar-refractivity contribution in [1.82, 2.24) is 14.7 Å². The second-order valence-electron chi connectivity index (χ2n) is 9.31. The third-order valence-corrected chi connectivity index (χ3v) is 5.60. The molecule has 0 bridgehead atoms.